The highest BCUT2D eigenvalue weighted by Crippen LogP contribution is 2.17. The predicted octanol–water partition coefficient (Wildman–Crippen LogP) is 1.24. The van der Waals surface area contributed by atoms with Gasteiger partial charge < -0.3 is 11.1 Å². The van der Waals surface area contributed by atoms with Gasteiger partial charge in [-0.2, -0.15) is 4.31 Å². The van der Waals surface area contributed by atoms with Crippen LogP contribution < -0.4 is 11.1 Å². The number of rotatable bonds is 6. The fourth-order valence-corrected chi connectivity index (χ4v) is 2.79. The highest BCUT2D eigenvalue weighted by molar-refractivity contribution is 7.89. The van der Waals surface area contributed by atoms with Gasteiger partial charge in [-0.3, -0.25) is 4.79 Å². The molecule has 126 valence electrons. The third-order valence-electron chi connectivity index (χ3n) is 2.88. The maximum atomic E-state index is 12.3. The molecule has 0 unspecified atom stereocenters. The average Bonchev–Trinajstić information content (AvgIpc) is 2.38. The van der Waals surface area contributed by atoms with E-state index in [1.54, 1.807) is 13.8 Å². The minimum Gasteiger partial charge on any atom is -0.349 e. The summed E-state index contributed by atoms with van der Waals surface area (Å²) in [5.74, 6) is -0.412. The molecule has 0 aliphatic carbocycles. The summed E-state index contributed by atoms with van der Waals surface area (Å²) >= 11 is 5.73. The summed E-state index contributed by atoms with van der Waals surface area (Å²) in [5, 5.41) is 3.12. The molecule has 0 aliphatic rings. The Balaban J connectivity index is 0.00000441. The van der Waals surface area contributed by atoms with Crippen molar-refractivity contribution in [2.45, 2.75) is 24.3 Å². The van der Waals surface area contributed by atoms with Gasteiger partial charge in [0.05, 0.1) is 11.4 Å². The Hall–Kier alpha value is -0.860. The quantitative estimate of drug-likeness (QED) is 0.788. The second-order valence-corrected chi connectivity index (χ2v) is 7.83. The van der Waals surface area contributed by atoms with E-state index in [1.807, 2.05) is 0 Å². The number of sulfonamides is 1. The summed E-state index contributed by atoms with van der Waals surface area (Å²) in [4.78, 5) is 11.9. The Kier molecular flexibility index (Phi) is 7.80. The van der Waals surface area contributed by atoms with Crippen molar-refractivity contribution in [2.75, 3.05) is 20.1 Å². The number of hydrogen-bond donors (Lipinski definition) is 2. The van der Waals surface area contributed by atoms with Crippen LogP contribution in [0.15, 0.2) is 29.2 Å². The number of carbonyl (C=O) groups excluding carboxylic acids is 1. The maximum absolute atomic E-state index is 12.3. The normalized spacial score (nSPS) is 11.9. The van der Waals surface area contributed by atoms with Gasteiger partial charge in [-0.1, -0.05) is 11.6 Å². The van der Waals surface area contributed by atoms with Crippen LogP contribution >= 0.6 is 24.0 Å². The van der Waals surface area contributed by atoms with Gasteiger partial charge in [0.2, 0.25) is 15.9 Å². The van der Waals surface area contributed by atoms with Crippen LogP contribution in [0.25, 0.3) is 0 Å². The standard InChI is InChI=1S/C13H20ClN3O3S.ClH/c1-13(2,9-15)16-12(18)8-17(3)21(19,20)11-6-4-10(14)5-7-11;/h4-7H,8-9,15H2,1-3H3,(H,16,18);1H. The molecule has 1 aromatic rings. The smallest absolute Gasteiger partial charge is 0.243 e. The van der Waals surface area contributed by atoms with Crippen molar-refractivity contribution in [1.82, 2.24) is 9.62 Å². The van der Waals surface area contributed by atoms with Crippen LogP contribution in [0.3, 0.4) is 0 Å². The fourth-order valence-electron chi connectivity index (χ4n) is 1.54. The molecule has 0 aliphatic heterocycles. The van der Waals surface area contributed by atoms with Crippen molar-refractivity contribution in [3.05, 3.63) is 29.3 Å². The molecule has 22 heavy (non-hydrogen) atoms. The molecule has 0 saturated heterocycles. The van der Waals surface area contributed by atoms with Gasteiger partial charge >= 0.3 is 0 Å². The monoisotopic (exact) mass is 369 g/mol. The second-order valence-electron chi connectivity index (χ2n) is 5.35. The topological polar surface area (TPSA) is 92.5 Å². The van der Waals surface area contributed by atoms with E-state index in [0.29, 0.717) is 5.02 Å². The second kappa shape index (κ2) is 8.12. The summed E-state index contributed by atoms with van der Waals surface area (Å²) in [6.45, 7) is 3.50. The van der Waals surface area contributed by atoms with Crippen molar-refractivity contribution < 1.29 is 13.2 Å². The molecule has 0 spiro atoms. The molecule has 3 N–H and O–H groups in total. The van der Waals surface area contributed by atoms with E-state index in [-0.39, 0.29) is 30.4 Å². The summed E-state index contributed by atoms with van der Waals surface area (Å²) in [5.41, 5.74) is 4.94. The lowest BCUT2D eigenvalue weighted by Crippen LogP contribution is -2.51. The largest absolute Gasteiger partial charge is 0.349 e. The van der Waals surface area contributed by atoms with E-state index in [9.17, 15) is 13.2 Å². The Labute approximate surface area is 142 Å². The SMILES string of the molecule is CN(CC(=O)NC(C)(C)CN)S(=O)(=O)c1ccc(Cl)cc1.Cl. The van der Waals surface area contributed by atoms with E-state index in [2.05, 4.69) is 5.32 Å². The van der Waals surface area contributed by atoms with Crippen LogP contribution in [0.4, 0.5) is 0 Å². The first kappa shape index (κ1) is 21.1. The minimum absolute atomic E-state index is 0. The minimum atomic E-state index is -3.73. The molecular formula is C13H21Cl2N3O3S. The number of carbonyl (C=O) groups is 1. The molecule has 1 amide bonds. The van der Waals surface area contributed by atoms with Crippen LogP contribution in [-0.2, 0) is 14.8 Å². The van der Waals surface area contributed by atoms with Crippen molar-refractivity contribution in [3.63, 3.8) is 0 Å². The number of amides is 1. The third kappa shape index (κ3) is 5.73. The summed E-state index contributed by atoms with van der Waals surface area (Å²) < 4.78 is 25.6. The molecular weight excluding hydrogens is 349 g/mol. The Morgan fingerprint density at radius 1 is 1.32 bits per heavy atom. The van der Waals surface area contributed by atoms with Gasteiger partial charge in [0.25, 0.3) is 0 Å². The molecule has 0 bridgehead atoms. The van der Waals surface area contributed by atoms with Gasteiger partial charge in [-0.15, -0.1) is 12.4 Å². The molecule has 1 aromatic carbocycles. The Morgan fingerprint density at radius 3 is 2.27 bits per heavy atom. The first-order chi connectivity index (χ1) is 9.58. The lowest BCUT2D eigenvalue weighted by Gasteiger charge is -2.25. The summed E-state index contributed by atoms with van der Waals surface area (Å²) in [6.07, 6.45) is 0. The number of benzene rings is 1. The molecule has 1 rings (SSSR count). The molecule has 0 fully saturated rings. The molecule has 6 nitrogen and oxygen atoms in total. The van der Waals surface area contributed by atoms with E-state index in [1.165, 1.54) is 31.3 Å². The first-order valence-electron chi connectivity index (χ1n) is 6.31. The molecule has 0 saturated carbocycles. The van der Waals surface area contributed by atoms with Crippen LogP contribution in [0, 0.1) is 0 Å². The highest BCUT2D eigenvalue weighted by atomic mass is 35.5. The fraction of sp³-hybridized carbons (Fsp3) is 0.462. The zero-order chi connectivity index (χ0) is 16.3. The molecule has 0 radical (unpaired) electrons. The number of likely N-dealkylation sites (N-methyl/N-ethyl adjacent to an activating group) is 1. The van der Waals surface area contributed by atoms with Crippen LogP contribution in [-0.4, -0.2) is 44.3 Å². The Morgan fingerprint density at radius 2 is 1.82 bits per heavy atom. The zero-order valence-corrected chi connectivity index (χ0v) is 15.1. The predicted molar refractivity (Wildman–Crippen MR) is 89.8 cm³/mol. The van der Waals surface area contributed by atoms with Gasteiger partial charge in [0, 0.05) is 24.2 Å². The van der Waals surface area contributed by atoms with Crippen molar-refractivity contribution in [1.29, 1.82) is 0 Å². The molecule has 9 heteroatoms. The summed E-state index contributed by atoms with van der Waals surface area (Å²) in [7, 11) is -2.38. The van der Waals surface area contributed by atoms with E-state index in [0.717, 1.165) is 4.31 Å². The van der Waals surface area contributed by atoms with E-state index in [4.69, 9.17) is 17.3 Å². The molecule has 0 heterocycles. The first-order valence-corrected chi connectivity index (χ1v) is 8.13. The van der Waals surface area contributed by atoms with Crippen molar-refractivity contribution >= 4 is 39.9 Å². The number of nitrogens with one attached hydrogen (secondary N) is 1. The van der Waals surface area contributed by atoms with Gasteiger partial charge in [0.1, 0.15) is 0 Å². The van der Waals surface area contributed by atoms with Crippen LogP contribution in [0.1, 0.15) is 13.8 Å². The van der Waals surface area contributed by atoms with Crippen LogP contribution in [0.2, 0.25) is 5.02 Å². The zero-order valence-electron chi connectivity index (χ0n) is 12.7. The van der Waals surface area contributed by atoms with Crippen molar-refractivity contribution in [2.24, 2.45) is 5.73 Å². The maximum Gasteiger partial charge on any atom is 0.243 e. The number of nitrogens with two attached hydrogens (primary N) is 1. The lowest BCUT2D eigenvalue weighted by molar-refractivity contribution is -0.122. The summed E-state index contributed by atoms with van der Waals surface area (Å²) in [6, 6.07) is 5.77. The molecule has 0 aromatic heterocycles. The van der Waals surface area contributed by atoms with E-state index < -0.39 is 21.5 Å². The average molecular weight is 370 g/mol. The highest BCUT2D eigenvalue weighted by Gasteiger charge is 2.25. The number of halogens is 2. The van der Waals surface area contributed by atoms with E-state index >= 15 is 0 Å². The molecule has 0 atom stereocenters. The van der Waals surface area contributed by atoms with Crippen molar-refractivity contribution in [3.8, 4) is 0 Å². The van der Waals surface area contributed by atoms with Gasteiger partial charge in [-0.25, -0.2) is 8.42 Å². The van der Waals surface area contributed by atoms with Gasteiger partial charge in [0.15, 0.2) is 0 Å². The van der Waals surface area contributed by atoms with Crippen LogP contribution in [0.5, 0.6) is 0 Å². The number of nitrogens with zero attached hydrogens (tertiary/aromatic N) is 1. The van der Waals surface area contributed by atoms with Gasteiger partial charge in [-0.05, 0) is 38.1 Å². The number of hydrogen-bond acceptors (Lipinski definition) is 4. The third-order valence-corrected chi connectivity index (χ3v) is 4.95. The lowest BCUT2D eigenvalue weighted by atomic mass is 10.1. The Bertz CT molecular complexity index is 603.